The number of carbonyl (C=O) groups is 1. The zero-order valence-electron chi connectivity index (χ0n) is 17.9. The standard InChI is InChI=1S/C24H30N4O2/c1-3-4-16-27(24(29)18-11-13-20(30-2)14-12-18)17-22-26-21-10-7-15-25-23(21)28(22)19-8-5-6-9-19/h7,10-15,19H,3-6,8-9,16-17H2,1-2H3. The molecule has 1 aromatic carbocycles. The Labute approximate surface area is 177 Å². The van der Waals surface area contributed by atoms with Gasteiger partial charge in [-0.15, -0.1) is 0 Å². The first-order chi connectivity index (χ1) is 14.7. The van der Waals surface area contributed by atoms with Gasteiger partial charge in [-0.2, -0.15) is 0 Å². The molecule has 1 saturated carbocycles. The number of fused-ring (bicyclic) bond motifs is 1. The number of ether oxygens (including phenoxy) is 1. The van der Waals surface area contributed by atoms with Crippen molar-refractivity contribution in [2.45, 2.75) is 58.0 Å². The van der Waals surface area contributed by atoms with Gasteiger partial charge in [0.15, 0.2) is 5.65 Å². The summed E-state index contributed by atoms with van der Waals surface area (Å²) in [6.07, 6.45) is 8.60. The van der Waals surface area contributed by atoms with Gasteiger partial charge in [0.2, 0.25) is 0 Å². The van der Waals surface area contributed by atoms with Crippen LogP contribution < -0.4 is 4.74 Å². The molecule has 30 heavy (non-hydrogen) atoms. The zero-order chi connectivity index (χ0) is 20.9. The second-order valence-electron chi connectivity index (χ2n) is 7.99. The number of rotatable bonds is 8. The highest BCUT2D eigenvalue weighted by atomic mass is 16.5. The Kier molecular flexibility index (Phi) is 6.31. The number of imidazole rings is 1. The van der Waals surface area contributed by atoms with Crippen molar-refractivity contribution in [1.82, 2.24) is 19.4 Å². The van der Waals surface area contributed by atoms with E-state index < -0.39 is 0 Å². The molecule has 4 rings (SSSR count). The van der Waals surface area contributed by atoms with Gasteiger partial charge < -0.3 is 14.2 Å². The fraction of sp³-hybridized carbons (Fsp3) is 0.458. The molecule has 6 heteroatoms. The van der Waals surface area contributed by atoms with Gasteiger partial charge in [-0.3, -0.25) is 4.79 Å². The molecular weight excluding hydrogens is 376 g/mol. The Morgan fingerprint density at radius 3 is 2.67 bits per heavy atom. The first kappa shape index (κ1) is 20.4. The summed E-state index contributed by atoms with van der Waals surface area (Å²) >= 11 is 0. The number of carbonyl (C=O) groups excluding carboxylic acids is 1. The summed E-state index contributed by atoms with van der Waals surface area (Å²) in [5.74, 6) is 1.72. The average molecular weight is 407 g/mol. The summed E-state index contributed by atoms with van der Waals surface area (Å²) in [5.41, 5.74) is 2.52. The van der Waals surface area contributed by atoms with Gasteiger partial charge in [-0.25, -0.2) is 9.97 Å². The van der Waals surface area contributed by atoms with Crippen LogP contribution in [-0.4, -0.2) is 39.0 Å². The van der Waals surface area contributed by atoms with Crippen LogP contribution in [0.4, 0.5) is 0 Å². The quantitative estimate of drug-likeness (QED) is 0.528. The van der Waals surface area contributed by atoms with Crippen molar-refractivity contribution < 1.29 is 9.53 Å². The minimum Gasteiger partial charge on any atom is -0.497 e. The summed E-state index contributed by atoms with van der Waals surface area (Å²) in [6.45, 7) is 3.36. The van der Waals surface area contributed by atoms with E-state index in [-0.39, 0.29) is 5.91 Å². The van der Waals surface area contributed by atoms with Crippen LogP contribution in [0.2, 0.25) is 0 Å². The Morgan fingerprint density at radius 2 is 1.97 bits per heavy atom. The number of methoxy groups -OCH3 is 1. The average Bonchev–Trinajstić information content (AvgIpc) is 3.43. The van der Waals surface area contributed by atoms with Crippen LogP contribution in [0.1, 0.15) is 67.7 Å². The van der Waals surface area contributed by atoms with E-state index in [0.717, 1.165) is 48.4 Å². The fourth-order valence-corrected chi connectivity index (χ4v) is 4.32. The third kappa shape index (κ3) is 4.18. The lowest BCUT2D eigenvalue weighted by Crippen LogP contribution is -2.33. The van der Waals surface area contributed by atoms with E-state index in [4.69, 9.17) is 9.72 Å². The van der Waals surface area contributed by atoms with Gasteiger partial charge in [-0.1, -0.05) is 26.2 Å². The Balaban J connectivity index is 1.66. The predicted octanol–water partition coefficient (Wildman–Crippen LogP) is 5.00. The number of amides is 1. The summed E-state index contributed by atoms with van der Waals surface area (Å²) in [7, 11) is 1.63. The predicted molar refractivity (Wildman–Crippen MR) is 118 cm³/mol. The van der Waals surface area contributed by atoms with Gasteiger partial charge in [0.1, 0.15) is 17.1 Å². The fourth-order valence-electron chi connectivity index (χ4n) is 4.32. The zero-order valence-corrected chi connectivity index (χ0v) is 17.9. The highest BCUT2D eigenvalue weighted by Gasteiger charge is 2.25. The summed E-state index contributed by atoms with van der Waals surface area (Å²) in [6, 6.07) is 11.7. The topological polar surface area (TPSA) is 60.2 Å². The second-order valence-corrected chi connectivity index (χ2v) is 7.99. The minimum atomic E-state index is 0.0316. The van der Waals surface area contributed by atoms with Crippen molar-refractivity contribution >= 4 is 17.1 Å². The lowest BCUT2D eigenvalue weighted by atomic mass is 10.1. The normalized spacial score (nSPS) is 14.3. The molecule has 3 aromatic rings. The lowest BCUT2D eigenvalue weighted by molar-refractivity contribution is 0.0734. The molecule has 0 unspecified atom stereocenters. The maximum absolute atomic E-state index is 13.3. The van der Waals surface area contributed by atoms with Crippen LogP contribution in [0.3, 0.4) is 0 Å². The number of hydrogen-bond acceptors (Lipinski definition) is 4. The summed E-state index contributed by atoms with van der Waals surface area (Å²) < 4.78 is 7.53. The molecule has 2 heterocycles. The molecule has 158 valence electrons. The monoisotopic (exact) mass is 406 g/mol. The number of benzene rings is 1. The van der Waals surface area contributed by atoms with Gasteiger partial charge >= 0.3 is 0 Å². The molecule has 0 aliphatic heterocycles. The van der Waals surface area contributed by atoms with Crippen molar-refractivity contribution in [2.75, 3.05) is 13.7 Å². The van der Waals surface area contributed by atoms with Gasteiger partial charge in [-0.05, 0) is 55.7 Å². The SMILES string of the molecule is CCCCN(Cc1nc2cccnc2n1C1CCCC1)C(=O)c1ccc(OC)cc1. The van der Waals surface area contributed by atoms with Crippen molar-refractivity contribution in [3.63, 3.8) is 0 Å². The number of unbranched alkanes of at least 4 members (excludes halogenated alkanes) is 1. The molecule has 0 bridgehead atoms. The van der Waals surface area contributed by atoms with Gasteiger partial charge in [0.25, 0.3) is 5.91 Å². The van der Waals surface area contributed by atoms with Crippen LogP contribution in [0, 0.1) is 0 Å². The number of nitrogens with zero attached hydrogens (tertiary/aromatic N) is 4. The first-order valence-electron chi connectivity index (χ1n) is 11.0. The van der Waals surface area contributed by atoms with Crippen LogP contribution >= 0.6 is 0 Å². The molecule has 1 fully saturated rings. The second kappa shape index (κ2) is 9.28. The third-order valence-electron chi connectivity index (χ3n) is 5.95. The van der Waals surface area contributed by atoms with E-state index in [1.807, 2.05) is 47.5 Å². The van der Waals surface area contributed by atoms with E-state index in [9.17, 15) is 4.79 Å². The number of aromatic nitrogens is 3. The Hall–Kier alpha value is -2.89. The molecule has 0 N–H and O–H groups in total. The molecule has 0 spiro atoms. The summed E-state index contributed by atoms with van der Waals surface area (Å²) in [4.78, 5) is 24.8. The molecule has 0 atom stereocenters. The van der Waals surface area contributed by atoms with Crippen LogP contribution in [0.5, 0.6) is 5.75 Å². The highest BCUT2D eigenvalue weighted by Crippen LogP contribution is 2.33. The molecule has 6 nitrogen and oxygen atoms in total. The maximum Gasteiger partial charge on any atom is 0.254 e. The molecular formula is C24H30N4O2. The van der Waals surface area contributed by atoms with E-state index in [1.165, 1.54) is 12.8 Å². The Bertz CT molecular complexity index is 990. The van der Waals surface area contributed by atoms with Crippen LogP contribution in [-0.2, 0) is 6.54 Å². The van der Waals surface area contributed by atoms with Crippen LogP contribution in [0.25, 0.3) is 11.2 Å². The molecule has 0 radical (unpaired) electrons. The molecule has 1 aliphatic carbocycles. The lowest BCUT2D eigenvalue weighted by Gasteiger charge is -2.24. The maximum atomic E-state index is 13.3. The first-order valence-corrected chi connectivity index (χ1v) is 11.0. The van der Waals surface area contributed by atoms with Gasteiger partial charge in [0, 0.05) is 24.3 Å². The van der Waals surface area contributed by atoms with Gasteiger partial charge in [0.05, 0.1) is 13.7 Å². The Morgan fingerprint density at radius 1 is 1.20 bits per heavy atom. The molecule has 1 amide bonds. The molecule has 1 aliphatic rings. The van der Waals surface area contributed by atoms with E-state index >= 15 is 0 Å². The highest BCUT2D eigenvalue weighted by molar-refractivity contribution is 5.94. The van der Waals surface area contributed by atoms with E-state index in [0.29, 0.717) is 24.7 Å². The van der Waals surface area contributed by atoms with Crippen LogP contribution in [0.15, 0.2) is 42.6 Å². The van der Waals surface area contributed by atoms with Crippen molar-refractivity contribution in [3.8, 4) is 5.75 Å². The van der Waals surface area contributed by atoms with Crippen molar-refractivity contribution in [3.05, 3.63) is 54.0 Å². The number of pyridine rings is 1. The largest absolute Gasteiger partial charge is 0.497 e. The minimum absolute atomic E-state index is 0.0316. The van der Waals surface area contributed by atoms with E-state index in [2.05, 4.69) is 16.5 Å². The van der Waals surface area contributed by atoms with Crippen molar-refractivity contribution in [1.29, 1.82) is 0 Å². The molecule has 2 aromatic heterocycles. The summed E-state index contributed by atoms with van der Waals surface area (Å²) in [5, 5.41) is 0. The number of hydrogen-bond donors (Lipinski definition) is 0. The smallest absolute Gasteiger partial charge is 0.254 e. The third-order valence-corrected chi connectivity index (χ3v) is 5.95. The molecule has 0 saturated heterocycles. The van der Waals surface area contributed by atoms with E-state index in [1.54, 1.807) is 7.11 Å². The van der Waals surface area contributed by atoms with Crippen molar-refractivity contribution in [2.24, 2.45) is 0 Å².